The lowest BCUT2D eigenvalue weighted by Gasteiger charge is -2.25. The van der Waals surface area contributed by atoms with Crippen molar-refractivity contribution in [1.82, 2.24) is 0 Å². The second kappa shape index (κ2) is 17.0. The van der Waals surface area contributed by atoms with E-state index >= 15 is 0 Å². The van der Waals surface area contributed by atoms with Crippen LogP contribution in [0.3, 0.4) is 0 Å². The van der Waals surface area contributed by atoms with Crippen LogP contribution in [0, 0.1) is 35.5 Å². The Kier molecular flexibility index (Phi) is 11.8. The quantitative estimate of drug-likeness (QED) is 0.161. The first kappa shape index (κ1) is 36.1. The van der Waals surface area contributed by atoms with Crippen LogP contribution in [-0.2, 0) is 32.4 Å². The molecule has 0 heterocycles. The number of rotatable bonds is 6. The summed E-state index contributed by atoms with van der Waals surface area (Å²) in [5.74, 6) is 19.3. The van der Waals surface area contributed by atoms with Gasteiger partial charge in [0.2, 0.25) is 0 Å². The zero-order chi connectivity index (χ0) is 36.5. The van der Waals surface area contributed by atoms with Crippen LogP contribution < -0.4 is 4.90 Å². The highest BCUT2D eigenvalue weighted by Crippen LogP contribution is 2.34. The lowest BCUT2D eigenvalue weighted by molar-refractivity contribution is 0.686. The summed E-state index contributed by atoms with van der Waals surface area (Å²) in [4.78, 5) is 4.50. The van der Waals surface area contributed by atoms with Crippen molar-refractivity contribution in [3.8, 4) is 35.5 Å². The molecule has 0 aliphatic carbocycles. The van der Waals surface area contributed by atoms with E-state index in [1.807, 2.05) is 109 Å². The van der Waals surface area contributed by atoms with Crippen molar-refractivity contribution in [2.75, 3.05) is 23.7 Å². The number of anilines is 3. The van der Waals surface area contributed by atoms with Crippen molar-refractivity contribution in [3.63, 3.8) is 0 Å². The Morgan fingerprint density at radius 2 is 0.481 bits per heavy atom. The lowest BCUT2D eigenvalue weighted by Crippen LogP contribution is -2.09. The third-order valence-corrected chi connectivity index (χ3v) is 10.8. The van der Waals surface area contributed by atoms with Gasteiger partial charge < -0.3 is 4.90 Å². The van der Waals surface area contributed by atoms with Gasteiger partial charge in [0.1, 0.15) is 0 Å². The average Bonchev–Trinajstić information content (AvgIpc) is 3.17. The molecule has 0 saturated heterocycles. The second-order valence-corrected chi connectivity index (χ2v) is 15.8. The van der Waals surface area contributed by atoms with Crippen LogP contribution in [0.5, 0.6) is 0 Å². The highest BCUT2D eigenvalue weighted by molar-refractivity contribution is 7.84. The summed E-state index contributed by atoms with van der Waals surface area (Å²) in [6.45, 7) is 0. The SMILES string of the molecule is CS(=O)c1ccc(C#Cc2ccc(N(c3ccc(C#Cc4ccc(S(C)=O)cc4)cc3)c3ccc(C#Cc4ccc(S(C)=O)cc4)cc3)cc2)cc1. The highest BCUT2D eigenvalue weighted by Gasteiger charge is 2.12. The normalized spacial score (nSPS) is 12.1. The molecule has 0 spiro atoms. The topological polar surface area (TPSA) is 54.5 Å². The molecule has 0 bridgehead atoms. The van der Waals surface area contributed by atoms with E-state index in [9.17, 15) is 12.6 Å². The average molecular weight is 732 g/mol. The molecular formula is C45H33NO3S3. The first-order valence-electron chi connectivity index (χ1n) is 16.2. The molecule has 0 aliphatic rings. The van der Waals surface area contributed by atoms with Crippen LogP contribution in [0.4, 0.5) is 17.1 Å². The summed E-state index contributed by atoms with van der Waals surface area (Å²) in [7, 11) is -3.08. The standard InChI is InChI=1S/C45H33NO3S3/c1-50(47)43-28-16-37(17-29-43)7-4-34-10-22-40(23-11-34)46(41-24-12-35(13-25-41)5-8-38-18-30-44(31-19-38)51(2)48)42-26-14-36(15-27-42)6-9-39-20-32-45(33-21-39)52(3)49/h10-33H,1-3H3. The molecule has 6 aromatic carbocycles. The maximum atomic E-state index is 11.7. The molecule has 7 heteroatoms. The van der Waals surface area contributed by atoms with Crippen LogP contribution in [0.25, 0.3) is 0 Å². The molecule has 6 aromatic rings. The molecule has 0 N–H and O–H groups in total. The number of hydrogen-bond donors (Lipinski definition) is 0. The Hall–Kier alpha value is -5.75. The van der Waals surface area contributed by atoms with E-state index in [1.54, 1.807) is 18.8 Å². The first-order chi connectivity index (χ1) is 25.2. The van der Waals surface area contributed by atoms with E-state index in [1.165, 1.54) is 0 Å². The Morgan fingerprint density at radius 3 is 0.654 bits per heavy atom. The van der Waals surface area contributed by atoms with Gasteiger partial charge in [0.15, 0.2) is 0 Å². The second-order valence-electron chi connectivity index (χ2n) is 11.7. The van der Waals surface area contributed by atoms with Crippen LogP contribution in [0.2, 0.25) is 0 Å². The minimum absolute atomic E-state index is 0.776. The Balaban J connectivity index is 1.27. The van der Waals surface area contributed by atoms with E-state index in [0.29, 0.717) is 0 Å². The summed E-state index contributed by atoms with van der Waals surface area (Å²) in [6.07, 6.45) is 4.99. The fourth-order valence-electron chi connectivity index (χ4n) is 5.15. The van der Waals surface area contributed by atoms with E-state index < -0.39 is 32.4 Å². The van der Waals surface area contributed by atoms with E-state index in [0.717, 1.165) is 65.1 Å². The maximum absolute atomic E-state index is 11.7. The van der Waals surface area contributed by atoms with Crippen molar-refractivity contribution >= 4 is 49.5 Å². The van der Waals surface area contributed by atoms with Gasteiger partial charge in [-0.15, -0.1) is 0 Å². The Morgan fingerprint density at radius 1 is 0.308 bits per heavy atom. The number of benzene rings is 6. The summed E-state index contributed by atoms with van der Waals surface area (Å²) in [5.41, 5.74) is 8.07. The molecule has 6 rings (SSSR count). The summed E-state index contributed by atoms with van der Waals surface area (Å²) in [6, 6.07) is 46.7. The van der Waals surface area contributed by atoms with Crippen LogP contribution in [-0.4, -0.2) is 31.4 Å². The fraction of sp³-hybridized carbons (Fsp3) is 0.0667. The summed E-state index contributed by atoms with van der Waals surface area (Å²) >= 11 is 0. The molecule has 4 nitrogen and oxygen atoms in total. The first-order valence-corrected chi connectivity index (χ1v) is 20.9. The predicted molar refractivity (Wildman–Crippen MR) is 215 cm³/mol. The molecular weight excluding hydrogens is 699 g/mol. The van der Waals surface area contributed by atoms with Gasteiger partial charge in [-0.3, -0.25) is 12.6 Å². The van der Waals surface area contributed by atoms with Gasteiger partial charge in [-0.2, -0.15) is 0 Å². The third kappa shape index (κ3) is 9.52. The van der Waals surface area contributed by atoms with Crippen molar-refractivity contribution in [2.24, 2.45) is 0 Å². The van der Waals surface area contributed by atoms with Crippen molar-refractivity contribution < 1.29 is 12.6 Å². The smallest absolute Gasteiger partial charge is 0.0498 e. The number of nitrogens with zero attached hydrogens (tertiary/aromatic N) is 1. The minimum Gasteiger partial charge on any atom is -0.311 e. The van der Waals surface area contributed by atoms with Crippen LogP contribution in [0.15, 0.2) is 160 Å². The molecule has 3 unspecified atom stereocenters. The van der Waals surface area contributed by atoms with Crippen molar-refractivity contribution in [2.45, 2.75) is 14.7 Å². The van der Waals surface area contributed by atoms with Crippen molar-refractivity contribution in [3.05, 3.63) is 179 Å². The van der Waals surface area contributed by atoms with Gasteiger partial charge >= 0.3 is 0 Å². The van der Waals surface area contributed by atoms with E-state index in [2.05, 4.69) is 76.8 Å². The van der Waals surface area contributed by atoms with Crippen LogP contribution in [0.1, 0.15) is 33.4 Å². The fourth-order valence-corrected chi connectivity index (χ4v) is 6.71. The molecule has 254 valence electrons. The van der Waals surface area contributed by atoms with Gasteiger partial charge in [0.05, 0.1) is 0 Å². The Labute approximate surface area is 313 Å². The molecule has 0 amide bonds. The van der Waals surface area contributed by atoms with Gasteiger partial charge in [-0.1, -0.05) is 35.5 Å². The Bertz CT molecular complexity index is 2170. The monoisotopic (exact) mass is 731 g/mol. The zero-order valence-electron chi connectivity index (χ0n) is 28.8. The molecule has 0 aromatic heterocycles. The molecule has 3 atom stereocenters. The number of hydrogen-bond acceptors (Lipinski definition) is 4. The van der Waals surface area contributed by atoms with Crippen LogP contribution >= 0.6 is 0 Å². The molecule has 0 saturated carbocycles. The highest BCUT2D eigenvalue weighted by atomic mass is 32.2. The predicted octanol–water partition coefficient (Wildman–Crippen LogP) is 8.57. The molecule has 0 aliphatic heterocycles. The van der Waals surface area contributed by atoms with E-state index in [-0.39, 0.29) is 0 Å². The molecule has 0 radical (unpaired) electrons. The van der Waals surface area contributed by atoms with Gasteiger partial charge in [0, 0.05) is 116 Å². The van der Waals surface area contributed by atoms with E-state index in [4.69, 9.17) is 0 Å². The van der Waals surface area contributed by atoms with Gasteiger partial charge in [-0.25, -0.2) is 0 Å². The summed E-state index contributed by atoms with van der Waals surface area (Å²) in [5, 5.41) is 0. The third-order valence-electron chi connectivity index (χ3n) is 7.99. The van der Waals surface area contributed by atoms with Gasteiger partial charge in [-0.05, 0) is 146 Å². The van der Waals surface area contributed by atoms with Crippen molar-refractivity contribution in [1.29, 1.82) is 0 Å². The molecule has 52 heavy (non-hydrogen) atoms. The minimum atomic E-state index is -1.03. The zero-order valence-corrected chi connectivity index (χ0v) is 31.2. The van der Waals surface area contributed by atoms with Gasteiger partial charge in [0.25, 0.3) is 0 Å². The largest absolute Gasteiger partial charge is 0.311 e. The maximum Gasteiger partial charge on any atom is 0.0498 e. The summed E-state index contributed by atoms with van der Waals surface area (Å²) < 4.78 is 35.2. The molecule has 0 fully saturated rings. The lowest BCUT2D eigenvalue weighted by atomic mass is 10.1.